The Labute approximate surface area is 215 Å². The molecule has 14 heteroatoms. The molecule has 6 aromatic rings. The Morgan fingerprint density at radius 2 is 1.06 bits per heavy atom. The Morgan fingerprint density at radius 3 is 1.49 bits per heavy atom. The molecule has 10 nitrogen and oxygen atoms in total. The predicted octanol–water partition coefficient (Wildman–Crippen LogP) is 4.74. The summed E-state index contributed by atoms with van der Waals surface area (Å²) in [7, 11) is 0. The zero-order valence-corrected chi connectivity index (χ0v) is 20.9. The molecule has 0 fully saturated rings. The van der Waals surface area contributed by atoms with E-state index in [4.69, 9.17) is 32.7 Å². The van der Waals surface area contributed by atoms with Gasteiger partial charge in [0.1, 0.15) is 24.7 Å². The van der Waals surface area contributed by atoms with Crippen molar-refractivity contribution >= 4 is 55.8 Å². The number of aromatic nitrogens is 8. The van der Waals surface area contributed by atoms with Crippen molar-refractivity contribution in [2.24, 2.45) is 0 Å². The highest BCUT2D eigenvalue weighted by atomic mass is 35.5. The Balaban J connectivity index is 1.15. The second-order valence-corrected chi connectivity index (χ2v) is 10.2. The molecule has 0 atom stereocenters. The van der Waals surface area contributed by atoms with Gasteiger partial charge in [0.05, 0.1) is 6.42 Å². The summed E-state index contributed by atoms with van der Waals surface area (Å²) in [5.41, 5.74) is 0. The van der Waals surface area contributed by atoms with E-state index in [1.165, 1.54) is 22.7 Å². The quantitative estimate of drug-likeness (QED) is 0.270. The molecule has 4 aromatic heterocycles. The third-order valence-corrected chi connectivity index (χ3v) is 7.11. The van der Waals surface area contributed by atoms with E-state index in [2.05, 4.69) is 30.6 Å². The van der Waals surface area contributed by atoms with E-state index in [0.29, 0.717) is 62.7 Å². The molecule has 0 spiro atoms. The molecule has 6 rings (SSSR count). The van der Waals surface area contributed by atoms with Crippen molar-refractivity contribution in [2.75, 3.05) is 0 Å². The fourth-order valence-corrected chi connectivity index (χ4v) is 5.01. The topological polar surface area (TPSA) is 105 Å². The van der Waals surface area contributed by atoms with Crippen molar-refractivity contribution in [1.82, 2.24) is 39.6 Å². The normalized spacial score (nSPS) is 11.5. The Bertz CT molecular complexity index is 1490. The van der Waals surface area contributed by atoms with Crippen LogP contribution in [0.1, 0.15) is 21.7 Å². The number of rotatable bonds is 8. The summed E-state index contributed by atoms with van der Waals surface area (Å²) in [6, 6.07) is 14.4. The van der Waals surface area contributed by atoms with Gasteiger partial charge >= 0.3 is 0 Å². The Kier molecular flexibility index (Phi) is 5.94. The monoisotopic (exact) mass is 544 g/mol. The van der Waals surface area contributed by atoms with Gasteiger partial charge in [-0.05, 0) is 48.5 Å². The Morgan fingerprint density at radius 1 is 0.629 bits per heavy atom. The zero-order chi connectivity index (χ0) is 23.8. The van der Waals surface area contributed by atoms with Crippen molar-refractivity contribution in [3.63, 3.8) is 0 Å². The highest BCUT2D eigenvalue weighted by Gasteiger charge is 2.18. The number of fused-ring (bicyclic) bond motifs is 2. The molecular formula is C21H14Cl2N8O2S2. The molecule has 2 aromatic carbocycles. The molecule has 0 N–H and O–H groups in total. The summed E-state index contributed by atoms with van der Waals surface area (Å²) >= 11 is 14.7. The van der Waals surface area contributed by atoms with Crippen LogP contribution in [0.4, 0.5) is 0 Å². The molecule has 35 heavy (non-hydrogen) atoms. The van der Waals surface area contributed by atoms with Crippen LogP contribution in [0.3, 0.4) is 0 Å². The van der Waals surface area contributed by atoms with Gasteiger partial charge in [-0.1, -0.05) is 45.9 Å². The molecule has 4 heterocycles. The van der Waals surface area contributed by atoms with Crippen molar-refractivity contribution in [2.45, 2.75) is 19.6 Å². The van der Waals surface area contributed by atoms with Gasteiger partial charge in [-0.3, -0.25) is 0 Å². The van der Waals surface area contributed by atoms with E-state index in [9.17, 15) is 0 Å². The summed E-state index contributed by atoms with van der Waals surface area (Å²) in [5.74, 6) is 2.70. The zero-order valence-electron chi connectivity index (χ0n) is 17.7. The van der Waals surface area contributed by atoms with Crippen molar-refractivity contribution in [3.05, 3.63) is 80.2 Å². The van der Waals surface area contributed by atoms with Crippen LogP contribution in [0.2, 0.25) is 10.0 Å². The predicted molar refractivity (Wildman–Crippen MR) is 132 cm³/mol. The Hall–Kier alpha value is -3.32. The van der Waals surface area contributed by atoms with Crippen LogP contribution < -0.4 is 9.47 Å². The smallest absolute Gasteiger partial charge is 0.234 e. The molecule has 0 radical (unpaired) electrons. The molecular weight excluding hydrogens is 531 g/mol. The molecule has 0 amide bonds. The van der Waals surface area contributed by atoms with Gasteiger partial charge < -0.3 is 9.47 Å². The van der Waals surface area contributed by atoms with Crippen LogP contribution in [0.25, 0.3) is 9.92 Å². The fourth-order valence-electron chi connectivity index (χ4n) is 3.22. The van der Waals surface area contributed by atoms with Crippen LogP contribution in [0.15, 0.2) is 48.5 Å². The highest BCUT2D eigenvalue weighted by molar-refractivity contribution is 7.16. The third kappa shape index (κ3) is 4.78. The van der Waals surface area contributed by atoms with Crippen LogP contribution >= 0.6 is 45.9 Å². The minimum atomic E-state index is 0.313. The first-order valence-corrected chi connectivity index (χ1v) is 12.7. The molecule has 0 saturated carbocycles. The number of nitrogens with zero attached hydrogens (tertiary/aromatic N) is 8. The van der Waals surface area contributed by atoms with Gasteiger partial charge in [0, 0.05) is 10.0 Å². The second kappa shape index (κ2) is 9.38. The SMILES string of the molecule is Clc1ccc(OCc2nn3c(Cc4nnc5sc(COc6ccc(Cl)cc6)nn45)nnc3s2)cc1. The lowest BCUT2D eigenvalue weighted by Crippen LogP contribution is -2.04. The summed E-state index contributed by atoms with van der Waals surface area (Å²) in [6.45, 7) is 0.626. The van der Waals surface area contributed by atoms with Gasteiger partial charge in [-0.15, -0.1) is 20.4 Å². The number of ether oxygens (including phenoxy) is 2. The number of benzene rings is 2. The number of halogens is 2. The number of hydrogen-bond acceptors (Lipinski definition) is 10. The van der Waals surface area contributed by atoms with E-state index in [1.807, 2.05) is 24.3 Å². The maximum atomic E-state index is 5.92. The fraction of sp³-hybridized carbons (Fsp3) is 0.143. The summed E-state index contributed by atoms with van der Waals surface area (Å²) in [5, 5.41) is 29.0. The van der Waals surface area contributed by atoms with E-state index in [1.54, 1.807) is 33.3 Å². The molecule has 0 aliphatic carbocycles. The largest absolute Gasteiger partial charge is 0.486 e. The van der Waals surface area contributed by atoms with Gasteiger partial charge in [0.2, 0.25) is 9.92 Å². The van der Waals surface area contributed by atoms with Gasteiger partial charge in [0.25, 0.3) is 0 Å². The first-order valence-electron chi connectivity index (χ1n) is 10.3. The third-order valence-electron chi connectivity index (χ3n) is 4.86. The van der Waals surface area contributed by atoms with Gasteiger partial charge in [0.15, 0.2) is 21.7 Å². The maximum Gasteiger partial charge on any atom is 0.234 e. The lowest BCUT2D eigenvalue weighted by molar-refractivity contribution is 0.304. The van der Waals surface area contributed by atoms with Crippen molar-refractivity contribution in [1.29, 1.82) is 0 Å². The molecule has 0 bridgehead atoms. The van der Waals surface area contributed by atoms with Gasteiger partial charge in [-0.2, -0.15) is 19.2 Å². The van der Waals surface area contributed by atoms with E-state index < -0.39 is 0 Å². The van der Waals surface area contributed by atoms with Crippen LogP contribution in [0.5, 0.6) is 11.5 Å². The maximum absolute atomic E-state index is 5.92. The molecule has 0 saturated heterocycles. The second-order valence-electron chi connectivity index (χ2n) is 7.27. The van der Waals surface area contributed by atoms with Crippen molar-refractivity contribution < 1.29 is 9.47 Å². The summed E-state index contributed by atoms with van der Waals surface area (Å²) in [6.07, 6.45) is 0.366. The lowest BCUT2D eigenvalue weighted by atomic mass is 10.3. The van der Waals surface area contributed by atoms with E-state index in [0.717, 1.165) is 10.0 Å². The molecule has 0 aliphatic heterocycles. The van der Waals surface area contributed by atoms with E-state index >= 15 is 0 Å². The van der Waals surface area contributed by atoms with E-state index in [-0.39, 0.29) is 0 Å². The molecule has 0 aliphatic rings. The summed E-state index contributed by atoms with van der Waals surface area (Å²) < 4.78 is 15.0. The standard InChI is InChI=1S/C21H14Cl2N8O2S2/c22-12-1-5-14(6-2-12)32-10-18-28-30-16(24-26-20(30)34-18)9-17-25-27-21-31(17)29-19(35-21)11-33-15-7-3-13(23)4-8-15/h1-8H,9-11H2. The molecule has 176 valence electrons. The molecule has 0 unspecified atom stereocenters. The van der Waals surface area contributed by atoms with Crippen LogP contribution in [-0.4, -0.2) is 39.6 Å². The average molecular weight is 545 g/mol. The number of hydrogen-bond donors (Lipinski definition) is 0. The summed E-state index contributed by atoms with van der Waals surface area (Å²) in [4.78, 5) is 1.34. The van der Waals surface area contributed by atoms with Crippen LogP contribution in [0, 0.1) is 0 Å². The lowest BCUT2D eigenvalue weighted by Gasteiger charge is -2.03. The average Bonchev–Trinajstić information content (AvgIpc) is 3.62. The highest BCUT2D eigenvalue weighted by Crippen LogP contribution is 2.22. The van der Waals surface area contributed by atoms with Crippen LogP contribution in [-0.2, 0) is 19.6 Å². The first kappa shape index (κ1) is 22.2. The van der Waals surface area contributed by atoms with Crippen molar-refractivity contribution in [3.8, 4) is 11.5 Å². The minimum absolute atomic E-state index is 0.313. The minimum Gasteiger partial charge on any atom is -0.486 e. The van der Waals surface area contributed by atoms with Gasteiger partial charge in [-0.25, -0.2) is 0 Å². The first-order chi connectivity index (χ1) is 17.1.